The second-order valence-corrected chi connectivity index (χ2v) is 6.74. The van der Waals surface area contributed by atoms with E-state index in [1.807, 2.05) is 53.4 Å². The Balaban J connectivity index is 1.36. The standard InChI is InChI=1S/C22H23N5O/c28-22(27-14-12-26(13-15-27)21-8-4-5-10-24-21)20-16-19(9-11-23-20)25-17-18-6-2-1-3-7-18/h1-11,16H,12-15,17H2,(H,23,25). The highest BCUT2D eigenvalue weighted by Gasteiger charge is 2.23. The maximum absolute atomic E-state index is 12.9. The summed E-state index contributed by atoms with van der Waals surface area (Å²) in [5, 5.41) is 3.36. The number of pyridine rings is 2. The van der Waals surface area contributed by atoms with Gasteiger partial charge in [0.15, 0.2) is 0 Å². The van der Waals surface area contributed by atoms with Crippen LogP contribution in [0.15, 0.2) is 73.1 Å². The minimum absolute atomic E-state index is 0.0240. The fourth-order valence-corrected chi connectivity index (χ4v) is 3.30. The van der Waals surface area contributed by atoms with E-state index < -0.39 is 0 Å². The predicted molar refractivity (Wildman–Crippen MR) is 110 cm³/mol. The molecule has 6 nitrogen and oxygen atoms in total. The van der Waals surface area contributed by atoms with Gasteiger partial charge in [-0.25, -0.2) is 4.98 Å². The fourth-order valence-electron chi connectivity index (χ4n) is 3.30. The van der Waals surface area contributed by atoms with Crippen LogP contribution in [0.3, 0.4) is 0 Å². The Hall–Kier alpha value is -3.41. The van der Waals surface area contributed by atoms with E-state index in [1.54, 1.807) is 12.4 Å². The Morgan fingerprint density at radius 3 is 2.43 bits per heavy atom. The first-order valence-electron chi connectivity index (χ1n) is 9.49. The molecule has 4 rings (SSSR count). The highest BCUT2D eigenvalue weighted by atomic mass is 16.2. The Labute approximate surface area is 164 Å². The van der Waals surface area contributed by atoms with Gasteiger partial charge in [-0.05, 0) is 29.8 Å². The summed E-state index contributed by atoms with van der Waals surface area (Å²) in [6.45, 7) is 3.59. The largest absolute Gasteiger partial charge is 0.381 e. The molecule has 0 radical (unpaired) electrons. The molecular weight excluding hydrogens is 350 g/mol. The molecule has 1 amide bonds. The van der Waals surface area contributed by atoms with E-state index in [0.29, 0.717) is 25.3 Å². The summed E-state index contributed by atoms with van der Waals surface area (Å²) in [6.07, 6.45) is 3.48. The number of piperazine rings is 1. The van der Waals surface area contributed by atoms with Gasteiger partial charge in [0.05, 0.1) is 0 Å². The molecule has 1 saturated heterocycles. The van der Waals surface area contributed by atoms with E-state index in [1.165, 1.54) is 5.56 Å². The summed E-state index contributed by atoms with van der Waals surface area (Å²) in [5.41, 5.74) is 2.57. The van der Waals surface area contributed by atoms with Crippen LogP contribution in [0.5, 0.6) is 0 Å². The third-order valence-electron chi connectivity index (χ3n) is 4.86. The van der Waals surface area contributed by atoms with Crippen LogP contribution in [0.4, 0.5) is 11.5 Å². The molecule has 0 unspecified atom stereocenters. The second kappa shape index (κ2) is 8.52. The summed E-state index contributed by atoms with van der Waals surface area (Å²) < 4.78 is 0. The van der Waals surface area contributed by atoms with E-state index in [-0.39, 0.29) is 5.91 Å². The van der Waals surface area contributed by atoms with Crippen LogP contribution >= 0.6 is 0 Å². The van der Waals surface area contributed by atoms with Gasteiger partial charge in [0, 0.05) is 50.8 Å². The van der Waals surface area contributed by atoms with Gasteiger partial charge < -0.3 is 15.1 Å². The molecule has 0 bridgehead atoms. The maximum Gasteiger partial charge on any atom is 0.272 e. The molecule has 2 aromatic heterocycles. The zero-order valence-electron chi connectivity index (χ0n) is 15.7. The number of hydrogen-bond acceptors (Lipinski definition) is 5. The van der Waals surface area contributed by atoms with Crippen LogP contribution in [0, 0.1) is 0 Å². The SMILES string of the molecule is O=C(c1cc(NCc2ccccc2)ccn1)N1CCN(c2ccccn2)CC1. The molecule has 3 heterocycles. The van der Waals surface area contributed by atoms with Crippen molar-refractivity contribution in [3.05, 3.63) is 84.3 Å². The van der Waals surface area contributed by atoms with Gasteiger partial charge >= 0.3 is 0 Å². The average Bonchev–Trinajstić information content (AvgIpc) is 2.79. The highest BCUT2D eigenvalue weighted by Crippen LogP contribution is 2.16. The number of aromatic nitrogens is 2. The number of rotatable bonds is 5. The number of carbonyl (C=O) groups is 1. The average molecular weight is 373 g/mol. The van der Waals surface area contributed by atoms with Gasteiger partial charge in [0.2, 0.25) is 0 Å². The van der Waals surface area contributed by atoms with Crippen molar-refractivity contribution in [2.45, 2.75) is 6.54 Å². The maximum atomic E-state index is 12.9. The Morgan fingerprint density at radius 1 is 0.893 bits per heavy atom. The molecule has 142 valence electrons. The van der Waals surface area contributed by atoms with Crippen LogP contribution in [0.25, 0.3) is 0 Å². The first-order chi connectivity index (χ1) is 13.8. The summed E-state index contributed by atoms with van der Waals surface area (Å²) in [4.78, 5) is 25.6. The quantitative estimate of drug-likeness (QED) is 0.745. The van der Waals surface area contributed by atoms with Gasteiger partial charge in [0.1, 0.15) is 11.5 Å². The lowest BCUT2D eigenvalue weighted by Gasteiger charge is -2.35. The van der Waals surface area contributed by atoms with Crippen molar-refractivity contribution in [3.63, 3.8) is 0 Å². The van der Waals surface area contributed by atoms with Crippen molar-refractivity contribution in [2.24, 2.45) is 0 Å². The van der Waals surface area contributed by atoms with Gasteiger partial charge in [-0.15, -0.1) is 0 Å². The predicted octanol–water partition coefficient (Wildman–Crippen LogP) is 3.05. The van der Waals surface area contributed by atoms with Crippen molar-refractivity contribution in [1.82, 2.24) is 14.9 Å². The van der Waals surface area contributed by atoms with Gasteiger partial charge in [-0.1, -0.05) is 36.4 Å². The van der Waals surface area contributed by atoms with Crippen LogP contribution in [-0.4, -0.2) is 47.0 Å². The molecule has 28 heavy (non-hydrogen) atoms. The van der Waals surface area contributed by atoms with E-state index in [9.17, 15) is 4.79 Å². The van der Waals surface area contributed by atoms with Crippen molar-refractivity contribution in [2.75, 3.05) is 36.4 Å². The lowest BCUT2D eigenvalue weighted by Crippen LogP contribution is -2.49. The molecule has 6 heteroatoms. The molecule has 1 aliphatic rings. The summed E-state index contributed by atoms with van der Waals surface area (Å²) in [7, 11) is 0. The van der Waals surface area contributed by atoms with Crippen LogP contribution < -0.4 is 10.2 Å². The molecule has 1 aliphatic heterocycles. The molecule has 1 fully saturated rings. The van der Waals surface area contributed by atoms with Crippen molar-refractivity contribution >= 4 is 17.4 Å². The molecule has 0 atom stereocenters. The van der Waals surface area contributed by atoms with E-state index >= 15 is 0 Å². The minimum Gasteiger partial charge on any atom is -0.381 e. The lowest BCUT2D eigenvalue weighted by atomic mass is 10.2. The molecular formula is C22H23N5O. The van der Waals surface area contributed by atoms with Gasteiger partial charge in [-0.2, -0.15) is 0 Å². The summed E-state index contributed by atoms with van der Waals surface area (Å²) >= 11 is 0. The fraction of sp³-hybridized carbons (Fsp3) is 0.227. The molecule has 0 aliphatic carbocycles. The number of nitrogens with one attached hydrogen (secondary N) is 1. The second-order valence-electron chi connectivity index (χ2n) is 6.74. The normalized spacial score (nSPS) is 14.0. The number of anilines is 2. The molecule has 0 saturated carbocycles. The van der Waals surface area contributed by atoms with Crippen molar-refractivity contribution < 1.29 is 4.79 Å². The molecule has 1 aromatic carbocycles. The summed E-state index contributed by atoms with van der Waals surface area (Å²) in [6, 6.07) is 19.8. The smallest absolute Gasteiger partial charge is 0.272 e. The number of amides is 1. The van der Waals surface area contributed by atoms with Gasteiger partial charge in [0.25, 0.3) is 5.91 Å². The van der Waals surface area contributed by atoms with Crippen LogP contribution in [-0.2, 0) is 6.54 Å². The number of benzene rings is 1. The van der Waals surface area contributed by atoms with Crippen molar-refractivity contribution in [1.29, 1.82) is 0 Å². The van der Waals surface area contributed by atoms with E-state index in [4.69, 9.17) is 0 Å². The van der Waals surface area contributed by atoms with Gasteiger partial charge in [-0.3, -0.25) is 9.78 Å². The van der Waals surface area contributed by atoms with Crippen molar-refractivity contribution in [3.8, 4) is 0 Å². The minimum atomic E-state index is -0.0240. The number of nitrogens with zero attached hydrogens (tertiary/aromatic N) is 4. The molecule has 1 N–H and O–H groups in total. The Morgan fingerprint density at radius 2 is 1.68 bits per heavy atom. The highest BCUT2D eigenvalue weighted by molar-refractivity contribution is 5.93. The molecule has 3 aromatic rings. The first kappa shape index (κ1) is 18.0. The monoisotopic (exact) mass is 373 g/mol. The Bertz CT molecular complexity index is 908. The lowest BCUT2D eigenvalue weighted by molar-refractivity contribution is 0.0740. The third-order valence-corrected chi connectivity index (χ3v) is 4.86. The zero-order valence-corrected chi connectivity index (χ0v) is 15.7. The first-order valence-corrected chi connectivity index (χ1v) is 9.49. The number of carbonyl (C=O) groups excluding carboxylic acids is 1. The Kier molecular flexibility index (Phi) is 5.47. The van der Waals surface area contributed by atoms with E-state index in [0.717, 1.165) is 24.6 Å². The molecule has 0 spiro atoms. The van der Waals surface area contributed by atoms with E-state index in [2.05, 4.69) is 32.3 Å². The zero-order chi connectivity index (χ0) is 19.2. The van der Waals surface area contributed by atoms with Crippen LogP contribution in [0.1, 0.15) is 16.1 Å². The third kappa shape index (κ3) is 4.28. The number of hydrogen-bond donors (Lipinski definition) is 1. The topological polar surface area (TPSA) is 61.4 Å². The summed E-state index contributed by atoms with van der Waals surface area (Å²) in [5.74, 6) is 0.934. The van der Waals surface area contributed by atoms with Crippen LogP contribution in [0.2, 0.25) is 0 Å².